The third-order valence-electron chi connectivity index (χ3n) is 4.79. The Balaban J connectivity index is 1.56. The number of rotatable bonds is 5. The number of amides is 2. The molecule has 1 N–H and O–H groups in total. The van der Waals surface area contributed by atoms with Gasteiger partial charge in [0.05, 0.1) is 5.92 Å². The fourth-order valence-electron chi connectivity index (χ4n) is 3.15. The molecule has 0 bridgehead atoms. The van der Waals surface area contributed by atoms with Crippen molar-refractivity contribution in [1.82, 2.24) is 5.32 Å². The first-order valence-electron chi connectivity index (χ1n) is 8.74. The van der Waals surface area contributed by atoms with Crippen LogP contribution in [0.25, 0.3) is 0 Å². The maximum Gasteiger partial charge on any atom is 0.227 e. The number of benzene rings is 2. The van der Waals surface area contributed by atoms with Crippen LogP contribution in [-0.4, -0.2) is 24.9 Å². The Morgan fingerprint density at radius 3 is 2.52 bits per heavy atom. The van der Waals surface area contributed by atoms with Gasteiger partial charge in [0.15, 0.2) is 0 Å². The third kappa shape index (κ3) is 4.08. The van der Waals surface area contributed by atoms with E-state index in [2.05, 4.69) is 24.4 Å². The Kier molecular flexibility index (Phi) is 5.17. The van der Waals surface area contributed by atoms with Gasteiger partial charge in [-0.15, -0.1) is 0 Å². The number of nitrogens with zero attached hydrogens (tertiary/aromatic N) is 1. The van der Waals surface area contributed by atoms with Crippen molar-refractivity contribution < 1.29 is 9.59 Å². The van der Waals surface area contributed by atoms with Crippen LogP contribution >= 0.6 is 0 Å². The number of aryl methyl sites for hydroxylation is 1. The van der Waals surface area contributed by atoms with Crippen molar-refractivity contribution in [3.8, 4) is 0 Å². The molecular formula is C21H24N2O2. The molecule has 0 spiro atoms. The largest absolute Gasteiger partial charge is 0.355 e. The molecule has 4 heteroatoms. The van der Waals surface area contributed by atoms with Crippen LogP contribution in [0.1, 0.15) is 30.4 Å². The smallest absolute Gasteiger partial charge is 0.227 e. The Labute approximate surface area is 148 Å². The minimum atomic E-state index is -0.281. The van der Waals surface area contributed by atoms with E-state index in [1.807, 2.05) is 49.4 Å². The lowest BCUT2D eigenvalue weighted by Gasteiger charge is -2.18. The number of nitrogens with one attached hydrogen (secondary N) is 1. The minimum absolute atomic E-state index is 0.0140. The van der Waals surface area contributed by atoms with Crippen LogP contribution < -0.4 is 10.2 Å². The summed E-state index contributed by atoms with van der Waals surface area (Å²) in [4.78, 5) is 26.5. The highest BCUT2D eigenvalue weighted by atomic mass is 16.2. The maximum atomic E-state index is 12.5. The molecule has 0 aromatic heterocycles. The first-order valence-corrected chi connectivity index (χ1v) is 8.74. The lowest BCUT2D eigenvalue weighted by atomic mass is 10.0. The van der Waals surface area contributed by atoms with Crippen LogP contribution in [0.4, 0.5) is 5.69 Å². The molecule has 25 heavy (non-hydrogen) atoms. The van der Waals surface area contributed by atoms with Crippen LogP contribution in [0.3, 0.4) is 0 Å². The molecule has 1 saturated heterocycles. The van der Waals surface area contributed by atoms with E-state index in [4.69, 9.17) is 0 Å². The lowest BCUT2D eigenvalue weighted by molar-refractivity contribution is -0.126. The summed E-state index contributed by atoms with van der Waals surface area (Å²) < 4.78 is 0. The van der Waals surface area contributed by atoms with Gasteiger partial charge in [0.1, 0.15) is 0 Å². The van der Waals surface area contributed by atoms with Crippen LogP contribution in [0.15, 0.2) is 54.6 Å². The van der Waals surface area contributed by atoms with Gasteiger partial charge in [0.2, 0.25) is 11.8 Å². The minimum Gasteiger partial charge on any atom is -0.355 e. The van der Waals surface area contributed by atoms with E-state index >= 15 is 0 Å². The zero-order chi connectivity index (χ0) is 17.8. The summed E-state index contributed by atoms with van der Waals surface area (Å²) in [7, 11) is 0. The molecule has 4 nitrogen and oxygen atoms in total. The molecule has 2 unspecified atom stereocenters. The van der Waals surface area contributed by atoms with Crippen molar-refractivity contribution in [3.05, 3.63) is 65.7 Å². The monoisotopic (exact) mass is 336 g/mol. The standard InChI is InChI=1S/C21H24N2O2/c1-15-8-10-19(11-9-15)23-14-18(12-20(23)24)21(25)22-13-16(2)17-6-4-3-5-7-17/h3-11,16,18H,12-14H2,1-2H3,(H,22,25). The topological polar surface area (TPSA) is 49.4 Å². The second-order valence-corrected chi connectivity index (χ2v) is 6.80. The predicted molar refractivity (Wildman–Crippen MR) is 99.5 cm³/mol. The van der Waals surface area contributed by atoms with E-state index < -0.39 is 0 Å². The molecule has 2 amide bonds. The molecule has 1 aliphatic heterocycles. The summed E-state index contributed by atoms with van der Waals surface area (Å²) in [6.45, 7) is 5.14. The molecule has 130 valence electrons. The normalized spacial score (nSPS) is 18.2. The Hall–Kier alpha value is -2.62. The summed E-state index contributed by atoms with van der Waals surface area (Å²) in [5, 5.41) is 3.01. The fraction of sp³-hybridized carbons (Fsp3) is 0.333. The first kappa shape index (κ1) is 17.2. The number of carbonyl (C=O) groups is 2. The van der Waals surface area contributed by atoms with E-state index in [0.29, 0.717) is 13.1 Å². The zero-order valence-electron chi connectivity index (χ0n) is 14.7. The van der Waals surface area contributed by atoms with Crippen molar-refractivity contribution in [1.29, 1.82) is 0 Å². The molecule has 2 atom stereocenters. The SMILES string of the molecule is Cc1ccc(N2CC(C(=O)NCC(C)c3ccccc3)CC2=O)cc1. The van der Waals surface area contributed by atoms with Crippen LogP contribution in [0, 0.1) is 12.8 Å². The zero-order valence-corrected chi connectivity index (χ0v) is 14.7. The Morgan fingerprint density at radius 1 is 1.16 bits per heavy atom. The van der Waals surface area contributed by atoms with E-state index in [1.165, 1.54) is 5.56 Å². The van der Waals surface area contributed by atoms with Crippen LogP contribution in [0.2, 0.25) is 0 Å². The summed E-state index contributed by atoms with van der Waals surface area (Å²) >= 11 is 0. The van der Waals surface area contributed by atoms with E-state index in [1.54, 1.807) is 4.90 Å². The molecule has 0 aliphatic carbocycles. The molecule has 2 aromatic carbocycles. The van der Waals surface area contributed by atoms with E-state index in [9.17, 15) is 9.59 Å². The Bertz CT molecular complexity index is 740. The average Bonchev–Trinajstić information content (AvgIpc) is 3.02. The number of anilines is 1. The van der Waals surface area contributed by atoms with Crippen LogP contribution in [-0.2, 0) is 9.59 Å². The van der Waals surface area contributed by atoms with Gasteiger partial charge in [-0.05, 0) is 30.5 Å². The van der Waals surface area contributed by atoms with Gasteiger partial charge in [-0.25, -0.2) is 0 Å². The summed E-state index contributed by atoms with van der Waals surface area (Å²) in [5.41, 5.74) is 3.22. The molecule has 2 aromatic rings. The van der Waals surface area contributed by atoms with Crippen molar-refractivity contribution >= 4 is 17.5 Å². The summed E-state index contributed by atoms with van der Waals surface area (Å²) in [6.07, 6.45) is 0.277. The predicted octanol–water partition coefficient (Wildman–Crippen LogP) is 3.27. The van der Waals surface area contributed by atoms with Gasteiger partial charge in [0, 0.05) is 25.2 Å². The first-order chi connectivity index (χ1) is 12.0. The van der Waals surface area contributed by atoms with Gasteiger partial charge >= 0.3 is 0 Å². The second kappa shape index (κ2) is 7.51. The van der Waals surface area contributed by atoms with Gasteiger partial charge < -0.3 is 10.2 Å². The quantitative estimate of drug-likeness (QED) is 0.911. The van der Waals surface area contributed by atoms with Crippen molar-refractivity contribution in [2.45, 2.75) is 26.2 Å². The van der Waals surface area contributed by atoms with Gasteiger partial charge in [-0.1, -0.05) is 55.0 Å². The molecule has 0 radical (unpaired) electrons. The van der Waals surface area contributed by atoms with E-state index in [0.717, 1.165) is 11.3 Å². The molecule has 0 saturated carbocycles. The summed E-state index contributed by atoms with van der Waals surface area (Å²) in [6, 6.07) is 18.0. The molecule has 1 heterocycles. The van der Waals surface area contributed by atoms with Crippen LogP contribution in [0.5, 0.6) is 0 Å². The van der Waals surface area contributed by atoms with E-state index in [-0.39, 0.29) is 30.1 Å². The fourth-order valence-corrected chi connectivity index (χ4v) is 3.15. The second-order valence-electron chi connectivity index (χ2n) is 6.80. The third-order valence-corrected chi connectivity index (χ3v) is 4.79. The molecular weight excluding hydrogens is 312 g/mol. The number of carbonyl (C=O) groups excluding carboxylic acids is 2. The van der Waals surface area contributed by atoms with Crippen molar-refractivity contribution in [2.75, 3.05) is 18.0 Å². The van der Waals surface area contributed by atoms with Crippen molar-refractivity contribution in [2.24, 2.45) is 5.92 Å². The van der Waals surface area contributed by atoms with Crippen molar-refractivity contribution in [3.63, 3.8) is 0 Å². The average molecular weight is 336 g/mol. The maximum absolute atomic E-state index is 12.5. The molecule has 1 fully saturated rings. The van der Waals surface area contributed by atoms with Gasteiger partial charge in [-0.2, -0.15) is 0 Å². The highest BCUT2D eigenvalue weighted by Crippen LogP contribution is 2.25. The summed E-state index contributed by atoms with van der Waals surface area (Å²) in [5.74, 6) is -0.0573. The van der Waals surface area contributed by atoms with Gasteiger partial charge in [-0.3, -0.25) is 9.59 Å². The number of hydrogen-bond acceptors (Lipinski definition) is 2. The highest BCUT2D eigenvalue weighted by molar-refractivity contribution is 6.00. The number of hydrogen-bond donors (Lipinski definition) is 1. The highest BCUT2D eigenvalue weighted by Gasteiger charge is 2.35. The Morgan fingerprint density at radius 2 is 1.84 bits per heavy atom. The molecule has 1 aliphatic rings. The van der Waals surface area contributed by atoms with Gasteiger partial charge in [0.25, 0.3) is 0 Å². The lowest BCUT2D eigenvalue weighted by Crippen LogP contribution is -2.35. The molecule has 3 rings (SSSR count).